The smallest absolute Gasteiger partial charge is 0.416 e. The second-order valence-corrected chi connectivity index (χ2v) is 8.35. The number of hydrogen-bond acceptors (Lipinski definition) is 3. The van der Waals surface area contributed by atoms with Crippen molar-refractivity contribution in [2.75, 3.05) is 4.72 Å². The van der Waals surface area contributed by atoms with Crippen LogP contribution in [0.25, 0.3) is 10.9 Å². The first-order valence-corrected chi connectivity index (χ1v) is 9.96. The molecule has 29 heavy (non-hydrogen) atoms. The quantitative estimate of drug-likeness (QED) is 0.603. The van der Waals surface area contributed by atoms with Crippen LogP contribution in [0.1, 0.15) is 11.3 Å². The van der Waals surface area contributed by atoms with Crippen LogP contribution in [-0.4, -0.2) is 24.1 Å². The number of halogens is 4. The van der Waals surface area contributed by atoms with Crippen molar-refractivity contribution in [1.29, 1.82) is 0 Å². The highest BCUT2D eigenvalue weighted by Crippen LogP contribution is 2.35. The molecule has 0 bridgehead atoms. The maximum Gasteiger partial charge on any atom is 0.416 e. The third-order valence-electron chi connectivity index (χ3n) is 4.31. The lowest BCUT2D eigenvalue weighted by atomic mass is 10.2. The van der Waals surface area contributed by atoms with Crippen LogP contribution >= 0.6 is 11.6 Å². The number of rotatable bonds is 5. The molecule has 0 saturated heterocycles. The molecule has 0 amide bonds. The number of carboxylic acid groups (broad SMARTS) is 1. The number of hydrogen-bond donors (Lipinski definition) is 2. The number of sulfonamides is 1. The largest absolute Gasteiger partial charge is 0.480 e. The van der Waals surface area contributed by atoms with E-state index >= 15 is 0 Å². The normalized spacial score (nSPS) is 12.3. The Labute approximate surface area is 168 Å². The summed E-state index contributed by atoms with van der Waals surface area (Å²) in [6.07, 6.45) is -4.59. The maximum atomic E-state index is 12.7. The van der Waals surface area contributed by atoms with E-state index in [-0.39, 0.29) is 10.6 Å². The lowest BCUT2D eigenvalue weighted by Crippen LogP contribution is -2.15. The second kappa shape index (κ2) is 7.27. The highest BCUT2D eigenvalue weighted by Gasteiger charge is 2.31. The van der Waals surface area contributed by atoms with Crippen molar-refractivity contribution >= 4 is 44.2 Å². The van der Waals surface area contributed by atoms with Crippen molar-refractivity contribution in [1.82, 2.24) is 4.57 Å². The number of nitrogens with zero attached hydrogens (tertiary/aromatic N) is 1. The fraction of sp³-hybridized carbons (Fsp3) is 0.167. The molecular weight excluding hydrogens is 433 g/mol. The average molecular weight is 447 g/mol. The molecule has 6 nitrogen and oxygen atoms in total. The fourth-order valence-electron chi connectivity index (χ4n) is 2.94. The molecule has 3 rings (SSSR count). The first-order valence-electron chi connectivity index (χ1n) is 8.10. The Morgan fingerprint density at radius 3 is 2.34 bits per heavy atom. The second-order valence-electron chi connectivity index (χ2n) is 6.23. The highest BCUT2D eigenvalue weighted by atomic mass is 35.5. The first kappa shape index (κ1) is 21.0. The van der Waals surface area contributed by atoms with Crippen LogP contribution in [0, 0.1) is 6.92 Å². The van der Waals surface area contributed by atoms with Gasteiger partial charge in [-0.3, -0.25) is 9.52 Å². The van der Waals surface area contributed by atoms with E-state index in [0.29, 0.717) is 33.8 Å². The third kappa shape index (κ3) is 4.18. The molecular formula is C18H14ClF3N2O4S. The maximum absolute atomic E-state index is 12.7. The van der Waals surface area contributed by atoms with Gasteiger partial charge in [0, 0.05) is 16.1 Å². The molecule has 0 aliphatic carbocycles. The van der Waals surface area contributed by atoms with Crippen LogP contribution < -0.4 is 4.72 Å². The zero-order valence-corrected chi connectivity index (χ0v) is 16.4. The summed E-state index contributed by atoms with van der Waals surface area (Å²) in [5, 5.41) is 9.81. The van der Waals surface area contributed by atoms with E-state index < -0.39 is 34.3 Å². The molecule has 0 aliphatic rings. The number of carbonyl (C=O) groups is 1. The topological polar surface area (TPSA) is 88.4 Å². The minimum Gasteiger partial charge on any atom is -0.480 e. The summed E-state index contributed by atoms with van der Waals surface area (Å²) < 4.78 is 67.3. The molecule has 1 aromatic heterocycles. The van der Waals surface area contributed by atoms with Crippen molar-refractivity contribution in [2.24, 2.45) is 0 Å². The summed E-state index contributed by atoms with van der Waals surface area (Å²) >= 11 is 6.00. The van der Waals surface area contributed by atoms with Crippen LogP contribution in [0.15, 0.2) is 47.4 Å². The van der Waals surface area contributed by atoms with Crippen LogP contribution in [0.4, 0.5) is 18.9 Å². The number of aromatic nitrogens is 1. The molecule has 3 aromatic rings. The Bertz CT molecular complexity index is 1200. The fourth-order valence-corrected chi connectivity index (χ4v) is 4.25. The van der Waals surface area contributed by atoms with Gasteiger partial charge in [0.15, 0.2) is 0 Å². The highest BCUT2D eigenvalue weighted by molar-refractivity contribution is 7.92. The van der Waals surface area contributed by atoms with Crippen molar-refractivity contribution in [3.8, 4) is 0 Å². The van der Waals surface area contributed by atoms with Gasteiger partial charge in [-0.1, -0.05) is 11.6 Å². The number of fused-ring (bicyclic) bond motifs is 1. The zero-order valence-electron chi connectivity index (χ0n) is 14.8. The van der Waals surface area contributed by atoms with Crippen LogP contribution in [0.5, 0.6) is 0 Å². The summed E-state index contributed by atoms with van der Waals surface area (Å²) in [7, 11) is -4.24. The molecule has 0 fully saturated rings. The molecule has 154 valence electrons. The van der Waals surface area contributed by atoms with Crippen molar-refractivity contribution < 1.29 is 31.5 Å². The Hall–Kier alpha value is -2.72. The van der Waals surface area contributed by atoms with E-state index in [4.69, 9.17) is 16.7 Å². The van der Waals surface area contributed by atoms with Crippen LogP contribution in [-0.2, 0) is 27.5 Å². The van der Waals surface area contributed by atoms with E-state index in [1.165, 1.54) is 23.6 Å². The van der Waals surface area contributed by atoms with Gasteiger partial charge in [0.2, 0.25) is 0 Å². The van der Waals surface area contributed by atoms with Gasteiger partial charge in [0.1, 0.15) is 6.54 Å². The predicted octanol–water partition coefficient (Wildman–Crippen LogP) is 4.51. The molecule has 2 N–H and O–H groups in total. The van der Waals surface area contributed by atoms with Gasteiger partial charge in [-0.2, -0.15) is 13.2 Å². The van der Waals surface area contributed by atoms with E-state index in [1.54, 1.807) is 6.07 Å². The molecule has 11 heteroatoms. The van der Waals surface area contributed by atoms with Gasteiger partial charge < -0.3 is 9.67 Å². The third-order valence-corrected chi connectivity index (χ3v) is 5.91. The van der Waals surface area contributed by atoms with Gasteiger partial charge in [0.05, 0.1) is 21.7 Å². The molecule has 0 spiro atoms. The van der Waals surface area contributed by atoms with Gasteiger partial charge in [0.25, 0.3) is 10.0 Å². The molecule has 0 saturated carbocycles. The van der Waals surface area contributed by atoms with Gasteiger partial charge in [-0.05, 0) is 49.4 Å². The van der Waals surface area contributed by atoms with Gasteiger partial charge >= 0.3 is 12.1 Å². The summed E-state index contributed by atoms with van der Waals surface area (Å²) in [5.74, 6) is -1.13. The summed E-state index contributed by atoms with van der Waals surface area (Å²) in [4.78, 5) is 10.8. The monoisotopic (exact) mass is 446 g/mol. The van der Waals surface area contributed by atoms with E-state index in [9.17, 15) is 26.4 Å². The molecule has 1 heterocycles. The predicted molar refractivity (Wildman–Crippen MR) is 102 cm³/mol. The molecule has 0 aliphatic heterocycles. The Morgan fingerprint density at radius 1 is 1.17 bits per heavy atom. The van der Waals surface area contributed by atoms with Crippen molar-refractivity contribution in [3.05, 3.63) is 58.7 Å². The molecule has 0 atom stereocenters. The molecule has 0 radical (unpaired) electrons. The Morgan fingerprint density at radius 2 is 1.79 bits per heavy atom. The van der Waals surface area contributed by atoms with E-state index in [1.807, 2.05) is 0 Å². The molecule has 0 unspecified atom stereocenters. The minimum absolute atomic E-state index is 0.101. The van der Waals surface area contributed by atoms with E-state index in [0.717, 1.165) is 12.1 Å². The van der Waals surface area contributed by atoms with Crippen molar-refractivity contribution in [3.63, 3.8) is 0 Å². The zero-order chi connectivity index (χ0) is 21.6. The van der Waals surface area contributed by atoms with Gasteiger partial charge in [-0.25, -0.2) is 8.42 Å². The van der Waals surface area contributed by atoms with Crippen LogP contribution in [0.2, 0.25) is 5.02 Å². The lowest BCUT2D eigenvalue weighted by molar-refractivity contribution is -0.138. The lowest BCUT2D eigenvalue weighted by Gasteiger charge is -2.11. The molecule has 2 aromatic carbocycles. The SMILES string of the molecule is Cc1c(NS(=O)(=O)c2ccc(C(F)(F)F)cc2)c2cc(Cl)ccc2n1CC(=O)O. The number of aliphatic carboxylic acids is 1. The van der Waals surface area contributed by atoms with Gasteiger partial charge in [-0.15, -0.1) is 0 Å². The number of carboxylic acids is 1. The number of alkyl halides is 3. The average Bonchev–Trinajstić information content (AvgIpc) is 2.85. The summed E-state index contributed by atoms with van der Waals surface area (Å²) in [5.41, 5.74) is -0.110. The summed E-state index contributed by atoms with van der Waals surface area (Å²) in [6.45, 7) is 1.12. The Balaban J connectivity index is 2.08. The van der Waals surface area contributed by atoms with Crippen molar-refractivity contribution in [2.45, 2.75) is 24.5 Å². The number of nitrogens with one attached hydrogen (secondary N) is 1. The Kier molecular flexibility index (Phi) is 5.26. The standard InChI is InChI=1S/C18H14ClF3N2O4S/c1-10-17(14-8-12(19)4-7-15(14)24(10)9-16(25)26)23-29(27,28)13-5-2-11(3-6-13)18(20,21)22/h2-8,23H,9H2,1H3,(H,25,26). The minimum atomic E-state index is -4.59. The summed E-state index contributed by atoms with van der Waals surface area (Å²) in [6, 6.07) is 7.62. The first-order chi connectivity index (χ1) is 13.4. The van der Waals surface area contributed by atoms with Crippen LogP contribution in [0.3, 0.4) is 0 Å². The number of anilines is 1. The van der Waals surface area contributed by atoms with E-state index in [2.05, 4.69) is 4.72 Å². The number of benzene rings is 2.